The zero-order valence-electron chi connectivity index (χ0n) is 10.5. The first-order valence-corrected chi connectivity index (χ1v) is 6.08. The Morgan fingerprint density at radius 1 is 1.17 bits per heavy atom. The molecule has 0 saturated carbocycles. The van der Waals surface area contributed by atoms with Gasteiger partial charge >= 0.3 is 0 Å². The molecule has 0 bridgehead atoms. The van der Waals surface area contributed by atoms with Gasteiger partial charge in [-0.1, -0.05) is 25.4 Å². The molecule has 1 heterocycles. The number of rotatable bonds is 1. The van der Waals surface area contributed by atoms with Crippen molar-refractivity contribution in [3.8, 4) is 17.0 Å². The van der Waals surface area contributed by atoms with Crippen molar-refractivity contribution in [3.63, 3.8) is 0 Å². The van der Waals surface area contributed by atoms with E-state index in [4.69, 9.17) is 11.6 Å². The van der Waals surface area contributed by atoms with Gasteiger partial charge in [0.1, 0.15) is 22.4 Å². The third-order valence-corrected chi connectivity index (χ3v) is 2.46. The van der Waals surface area contributed by atoms with Crippen LogP contribution in [-0.4, -0.2) is 10.1 Å². The molecule has 1 aromatic carbocycles. The van der Waals surface area contributed by atoms with Gasteiger partial charge in [-0.3, -0.25) is 0 Å². The Morgan fingerprint density at radius 3 is 2.28 bits per heavy atom. The Hall–Kier alpha value is -1.61. The lowest BCUT2D eigenvalue weighted by molar-refractivity contribution is 0.471. The molecule has 2 nitrogen and oxygen atoms in total. The third kappa shape index (κ3) is 3.20. The van der Waals surface area contributed by atoms with E-state index in [0.717, 1.165) is 0 Å². The van der Waals surface area contributed by atoms with Crippen molar-refractivity contribution >= 4 is 11.6 Å². The van der Waals surface area contributed by atoms with Gasteiger partial charge < -0.3 is 5.11 Å². The van der Waals surface area contributed by atoms with Crippen molar-refractivity contribution in [3.05, 3.63) is 46.9 Å². The molecule has 2 rings (SSSR count). The van der Waals surface area contributed by atoms with Gasteiger partial charge in [-0.15, -0.1) is 0 Å². The van der Waals surface area contributed by atoms with E-state index in [1.54, 1.807) is 25.1 Å². The number of aromatic hydroxyl groups is 1. The molecule has 96 valence electrons. The van der Waals surface area contributed by atoms with Crippen molar-refractivity contribution in [2.45, 2.75) is 20.8 Å². The van der Waals surface area contributed by atoms with Crippen molar-refractivity contribution in [2.75, 3.05) is 0 Å². The second-order valence-electron chi connectivity index (χ2n) is 3.47. The highest BCUT2D eigenvalue weighted by molar-refractivity contribution is 6.29. The van der Waals surface area contributed by atoms with Crippen LogP contribution in [0.1, 0.15) is 19.4 Å². The molecule has 1 N–H and O–H groups in total. The van der Waals surface area contributed by atoms with Gasteiger partial charge in [-0.25, -0.2) is 9.37 Å². The first-order chi connectivity index (χ1) is 8.58. The number of aromatic nitrogens is 1. The van der Waals surface area contributed by atoms with E-state index in [2.05, 4.69) is 4.98 Å². The fourth-order valence-electron chi connectivity index (χ4n) is 1.43. The summed E-state index contributed by atoms with van der Waals surface area (Å²) in [7, 11) is 0. The van der Waals surface area contributed by atoms with Crippen molar-refractivity contribution in [2.24, 2.45) is 0 Å². The van der Waals surface area contributed by atoms with Crippen LogP contribution in [0.4, 0.5) is 4.39 Å². The fraction of sp³-hybridized carbons (Fsp3) is 0.214. The highest BCUT2D eigenvalue weighted by Gasteiger charge is 2.10. The van der Waals surface area contributed by atoms with Crippen LogP contribution in [0.5, 0.6) is 5.75 Å². The van der Waals surface area contributed by atoms with Crippen LogP contribution in [0.2, 0.25) is 5.15 Å². The second-order valence-corrected chi connectivity index (χ2v) is 3.85. The molecule has 0 atom stereocenters. The maximum absolute atomic E-state index is 12.8. The van der Waals surface area contributed by atoms with E-state index in [9.17, 15) is 9.50 Å². The minimum atomic E-state index is -0.331. The molecular weight excluding hydrogens is 253 g/mol. The van der Waals surface area contributed by atoms with E-state index in [1.807, 2.05) is 13.8 Å². The number of aryl methyl sites for hydroxylation is 1. The molecule has 0 amide bonds. The first-order valence-electron chi connectivity index (χ1n) is 5.70. The molecule has 4 heteroatoms. The predicted octanol–water partition coefficient (Wildman–Crippen LogP) is 4.58. The van der Waals surface area contributed by atoms with Crippen molar-refractivity contribution < 1.29 is 9.50 Å². The average Bonchev–Trinajstić information content (AvgIpc) is 2.37. The van der Waals surface area contributed by atoms with Gasteiger partial charge in [-0.05, 0) is 42.8 Å². The summed E-state index contributed by atoms with van der Waals surface area (Å²) in [6.45, 7) is 5.73. The van der Waals surface area contributed by atoms with Gasteiger partial charge in [0.25, 0.3) is 0 Å². The maximum atomic E-state index is 12.8. The molecule has 0 aliphatic heterocycles. The SMILES string of the molecule is CC.Cc1cc(Cl)nc(-c2ccc(F)cc2)c1O. The number of hydrogen-bond donors (Lipinski definition) is 1. The summed E-state index contributed by atoms with van der Waals surface area (Å²) in [5.74, 6) is -0.266. The lowest BCUT2D eigenvalue weighted by Crippen LogP contribution is -1.88. The van der Waals surface area contributed by atoms with E-state index < -0.39 is 0 Å². The summed E-state index contributed by atoms with van der Waals surface area (Å²) in [6, 6.07) is 7.30. The van der Waals surface area contributed by atoms with Gasteiger partial charge in [0.2, 0.25) is 0 Å². The summed E-state index contributed by atoms with van der Waals surface area (Å²) >= 11 is 5.81. The Labute approximate surface area is 111 Å². The van der Waals surface area contributed by atoms with Crippen LogP contribution in [-0.2, 0) is 0 Å². The number of halogens is 2. The number of benzene rings is 1. The minimum absolute atomic E-state index is 0.0657. The third-order valence-electron chi connectivity index (χ3n) is 2.27. The minimum Gasteiger partial charge on any atom is -0.505 e. The van der Waals surface area contributed by atoms with E-state index in [1.165, 1.54) is 12.1 Å². The van der Waals surface area contributed by atoms with Crippen molar-refractivity contribution in [1.29, 1.82) is 0 Å². The molecule has 0 fully saturated rings. The monoisotopic (exact) mass is 267 g/mol. The second kappa shape index (κ2) is 6.36. The van der Waals surface area contributed by atoms with Crippen LogP contribution in [0.15, 0.2) is 30.3 Å². The Kier molecular flexibility index (Phi) is 5.10. The molecular formula is C14H15ClFNO. The Morgan fingerprint density at radius 2 is 1.72 bits per heavy atom. The van der Waals surface area contributed by atoms with Gasteiger partial charge in [0.15, 0.2) is 0 Å². The summed E-state index contributed by atoms with van der Waals surface area (Å²) in [6.07, 6.45) is 0. The van der Waals surface area contributed by atoms with Gasteiger partial charge in [0, 0.05) is 5.56 Å². The fourth-order valence-corrected chi connectivity index (χ4v) is 1.68. The highest BCUT2D eigenvalue weighted by Crippen LogP contribution is 2.31. The summed E-state index contributed by atoms with van der Waals surface area (Å²) in [5, 5.41) is 10.1. The smallest absolute Gasteiger partial charge is 0.144 e. The molecule has 1 aromatic heterocycles. The van der Waals surface area contributed by atoms with Gasteiger partial charge in [-0.2, -0.15) is 0 Å². The van der Waals surface area contributed by atoms with E-state index in [-0.39, 0.29) is 11.6 Å². The normalized spacial score (nSPS) is 9.61. The Bertz CT molecular complexity index is 526. The zero-order chi connectivity index (χ0) is 13.7. The number of pyridine rings is 1. The molecule has 0 aliphatic rings. The van der Waals surface area contributed by atoms with Crippen LogP contribution in [0.3, 0.4) is 0 Å². The first kappa shape index (κ1) is 14.5. The van der Waals surface area contributed by atoms with E-state index in [0.29, 0.717) is 22.0 Å². The molecule has 0 radical (unpaired) electrons. The summed E-state index contributed by atoms with van der Waals surface area (Å²) < 4.78 is 12.8. The molecule has 18 heavy (non-hydrogen) atoms. The average molecular weight is 268 g/mol. The molecule has 2 aromatic rings. The standard InChI is InChI=1S/C12H9ClFNO.C2H6/c1-7-6-10(13)15-11(12(7)16)8-2-4-9(14)5-3-8;1-2/h2-6,16H,1H3;1-2H3. The lowest BCUT2D eigenvalue weighted by Gasteiger charge is -2.07. The summed E-state index contributed by atoms with van der Waals surface area (Å²) in [4.78, 5) is 4.03. The number of nitrogens with zero attached hydrogens (tertiary/aromatic N) is 1. The predicted molar refractivity (Wildman–Crippen MR) is 72.4 cm³/mol. The Balaban J connectivity index is 0.000000771. The molecule has 0 spiro atoms. The van der Waals surface area contributed by atoms with Crippen LogP contribution in [0, 0.1) is 12.7 Å². The van der Waals surface area contributed by atoms with E-state index >= 15 is 0 Å². The topological polar surface area (TPSA) is 33.1 Å². The lowest BCUT2D eigenvalue weighted by atomic mass is 10.1. The zero-order valence-corrected chi connectivity index (χ0v) is 11.3. The van der Waals surface area contributed by atoms with Crippen LogP contribution < -0.4 is 0 Å². The molecule has 0 aliphatic carbocycles. The van der Waals surface area contributed by atoms with Gasteiger partial charge in [0.05, 0.1) is 0 Å². The maximum Gasteiger partial charge on any atom is 0.144 e. The quantitative estimate of drug-likeness (QED) is 0.767. The molecule has 0 saturated heterocycles. The highest BCUT2D eigenvalue weighted by atomic mass is 35.5. The summed E-state index contributed by atoms with van der Waals surface area (Å²) in [5.41, 5.74) is 1.63. The van der Waals surface area contributed by atoms with Crippen molar-refractivity contribution in [1.82, 2.24) is 4.98 Å². The molecule has 0 unspecified atom stereocenters. The number of hydrogen-bond acceptors (Lipinski definition) is 2. The van der Waals surface area contributed by atoms with Crippen LogP contribution >= 0.6 is 11.6 Å². The van der Waals surface area contributed by atoms with Crippen LogP contribution in [0.25, 0.3) is 11.3 Å². The largest absolute Gasteiger partial charge is 0.505 e.